The van der Waals surface area contributed by atoms with Gasteiger partial charge in [-0.05, 0) is 31.4 Å². The third-order valence-electron chi connectivity index (χ3n) is 4.67. The van der Waals surface area contributed by atoms with Gasteiger partial charge in [-0.1, -0.05) is 26.0 Å². The molecule has 25 heavy (non-hydrogen) atoms. The average molecular weight is 344 g/mol. The number of benzene rings is 1. The smallest absolute Gasteiger partial charge is 0.262 e. The van der Waals surface area contributed by atoms with E-state index in [1.54, 1.807) is 29.2 Å². The van der Waals surface area contributed by atoms with Gasteiger partial charge in [0.25, 0.3) is 11.8 Å². The zero-order chi connectivity index (χ0) is 18.1. The van der Waals surface area contributed by atoms with Crippen molar-refractivity contribution in [2.45, 2.75) is 39.3 Å². The summed E-state index contributed by atoms with van der Waals surface area (Å²) in [6.07, 6.45) is 0.412. The normalized spacial score (nSPS) is 21.7. The van der Waals surface area contributed by atoms with Gasteiger partial charge in [-0.2, -0.15) is 0 Å². The molecule has 2 aliphatic heterocycles. The summed E-state index contributed by atoms with van der Waals surface area (Å²) < 4.78 is 5.50. The first-order valence-corrected chi connectivity index (χ1v) is 8.77. The second-order valence-electron chi connectivity index (χ2n) is 7.14. The monoisotopic (exact) mass is 344 g/mol. The second-order valence-corrected chi connectivity index (χ2v) is 7.14. The summed E-state index contributed by atoms with van der Waals surface area (Å²) in [4.78, 5) is 41.6. The highest BCUT2D eigenvalue weighted by Crippen LogP contribution is 2.28. The molecule has 3 rings (SSSR count). The molecule has 0 N–H and O–H groups in total. The molecule has 1 saturated heterocycles. The van der Waals surface area contributed by atoms with E-state index in [1.807, 2.05) is 20.8 Å². The summed E-state index contributed by atoms with van der Waals surface area (Å²) in [7, 11) is 0. The largest absolute Gasteiger partial charge is 0.375 e. The summed E-state index contributed by atoms with van der Waals surface area (Å²) in [6, 6.07) is 5.98. The molecule has 0 radical (unpaired) electrons. The Kier molecular flexibility index (Phi) is 4.90. The first-order valence-electron chi connectivity index (χ1n) is 8.77. The molecule has 0 bridgehead atoms. The number of fused-ring (bicyclic) bond motifs is 1. The number of ether oxygens (including phenoxy) is 1. The third kappa shape index (κ3) is 3.31. The van der Waals surface area contributed by atoms with Crippen molar-refractivity contribution in [2.75, 3.05) is 19.7 Å². The van der Waals surface area contributed by atoms with Crippen molar-refractivity contribution in [3.8, 4) is 0 Å². The minimum absolute atomic E-state index is 0.0421. The Balaban J connectivity index is 1.90. The Morgan fingerprint density at radius 1 is 1.20 bits per heavy atom. The predicted molar refractivity (Wildman–Crippen MR) is 92.2 cm³/mol. The summed E-state index contributed by atoms with van der Waals surface area (Å²) in [5, 5.41) is 0. The fraction of sp³-hybridized carbons (Fsp3) is 0.526. The fourth-order valence-corrected chi connectivity index (χ4v) is 3.48. The third-order valence-corrected chi connectivity index (χ3v) is 4.67. The van der Waals surface area contributed by atoms with Gasteiger partial charge < -0.3 is 9.64 Å². The van der Waals surface area contributed by atoms with Gasteiger partial charge >= 0.3 is 0 Å². The molecule has 6 nitrogen and oxygen atoms in total. The number of imide groups is 1. The van der Waals surface area contributed by atoms with Crippen LogP contribution in [0.15, 0.2) is 24.3 Å². The van der Waals surface area contributed by atoms with Crippen molar-refractivity contribution in [3.63, 3.8) is 0 Å². The van der Waals surface area contributed by atoms with Crippen molar-refractivity contribution >= 4 is 17.7 Å². The van der Waals surface area contributed by atoms with Gasteiger partial charge in [0, 0.05) is 13.1 Å². The highest BCUT2D eigenvalue weighted by molar-refractivity contribution is 6.22. The van der Waals surface area contributed by atoms with Crippen LogP contribution in [0, 0.1) is 5.92 Å². The molecule has 6 heteroatoms. The molecule has 2 unspecified atom stereocenters. The molecular formula is C19H24N2O4. The number of morpholine rings is 1. The second kappa shape index (κ2) is 6.96. The van der Waals surface area contributed by atoms with Crippen LogP contribution in [0.4, 0.5) is 0 Å². The van der Waals surface area contributed by atoms with E-state index in [1.165, 1.54) is 0 Å². The maximum atomic E-state index is 13.1. The van der Waals surface area contributed by atoms with E-state index in [0.717, 1.165) is 4.90 Å². The molecule has 134 valence electrons. The van der Waals surface area contributed by atoms with Crippen LogP contribution in [0.3, 0.4) is 0 Å². The lowest BCUT2D eigenvalue weighted by Gasteiger charge is -2.36. The molecule has 1 aromatic rings. The zero-order valence-corrected chi connectivity index (χ0v) is 14.9. The minimum Gasteiger partial charge on any atom is -0.375 e. The number of carbonyl (C=O) groups is 3. The van der Waals surface area contributed by atoms with E-state index >= 15 is 0 Å². The molecule has 2 atom stereocenters. The maximum Gasteiger partial charge on any atom is 0.262 e. The van der Waals surface area contributed by atoms with E-state index in [2.05, 4.69) is 0 Å². The van der Waals surface area contributed by atoms with Crippen LogP contribution in [-0.2, 0) is 9.53 Å². The first kappa shape index (κ1) is 17.6. The Hall–Kier alpha value is -2.21. The molecule has 0 spiro atoms. The van der Waals surface area contributed by atoms with E-state index in [-0.39, 0.29) is 29.7 Å². The van der Waals surface area contributed by atoms with Gasteiger partial charge in [-0.15, -0.1) is 0 Å². The quantitative estimate of drug-likeness (QED) is 0.783. The Labute approximate surface area is 147 Å². The molecular weight excluding hydrogens is 320 g/mol. The number of rotatable bonds is 4. The van der Waals surface area contributed by atoms with Gasteiger partial charge in [-0.25, -0.2) is 0 Å². The van der Waals surface area contributed by atoms with Crippen LogP contribution in [0.1, 0.15) is 47.9 Å². The molecule has 1 fully saturated rings. The van der Waals surface area contributed by atoms with E-state index in [9.17, 15) is 14.4 Å². The lowest BCUT2D eigenvalue weighted by Crippen LogP contribution is -2.55. The lowest BCUT2D eigenvalue weighted by molar-refractivity contribution is -0.142. The van der Waals surface area contributed by atoms with Gasteiger partial charge in [0.05, 0.1) is 23.8 Å². The topological polar surface area (TPSA) is 66.9 Å². The maximum absolute atomic E-state index is 13.1. The van der Waals surface area contributed by atoms with Crippen molar-refractivity contribution in [1.29, 1.82) is 0 Å². The Bertz CT molecular complexity index is 665. The number of hydrogen-bond acceptors (Lipinski definition) is 4. The Morgan fingerprint density at radius 3 is 2.32 bits per heavy atom. The highest BCUT2D eigenvalue weighted by Gasteiger charge is 2.44. The molecule has 1 aromatic carbocycles. The van der Waals surface area contributed by atoms with Gasteiger partial charge in [0.2, 0.25) is 5.91 Å². The number of nitrogens with zero attached hydrogens (tertiary/aromatic N) is 2. The van der Waals surface area contributed by atoms with Gasteiger partial charge in [0.1, 0.15) is 6.04 Å². The summed E-state index contributed by atoms with van der Waals surface area (Å²) in [6.45, 7) is 7.33. The lowest BCUT2D eigenvalue weighted by atomic mass is 10.0. The summed E-state index contributed by atoms with van der Waals surface area (Å²) in [5.41, 5.74) is 0.758. The molecule has 2 aliphatic rings. The molecule has 0 aromatic heterocycles. The molecule has 0 aliphatic carbocycles. The van der Waals surface area contributed by atoms with Crippen molar-refractivity contribution in [3.05, 3.63) is 35.4 Å². The van der Waals surface area contributed by atoms with E-state index in [4.69, 9.17) is 4.74 Å². The van der Waals surface area contributed by atoms with Crippen LogP contribution < -0.4 is 0 Å². The Morgan fingerprint density at radius 2 is 1.80 bits per heavy atom. The van der Waals surface area contributed by atoms with Crippen LogP contribution in [0.5, 0.6) is 0 Å². The van der Waals surface area contributed by atoms with Crippen molar-refractivity contribution in [1.82, 2.24) is 9.80 Å². The average Bonchev–Trinajstić information content (AvgIpc) is 2.84. The fourth-order valence-electron chi connectivity index (χ4n) is 3.48. The molecule has 3 amide bonds. The summed E-state index contributed by atoms with van der Waals surface area (Å²) in [5.74, 6) is -0.739. The van der Waals surface area contributed by atoms with Crippen LogP contribution in [-0.4, -0.2) is 59.4 Å². The standard InChI is InChI=1S/C19H24N2O4/c1-12(2)10-16(19(24)20-8-9-25-13(3)11-20)21-17(22)14-6-4-5-7-15(14)18(21)23/h4-7,12-13,16H,8-11H2,1-3H3. The van der Waals surface area contributed by atoms with Crippen LogP contribution in [0.2, 0.25) is 0 Å². The predicted octanol–water partition coefficient (Wildman–Crippen LogP) is 1.94. The van der Waals surface area contributed by atoms with E-state index in [0.29, 0.717) is 37.2 Å². The number of carbonyl (C=O) groups excluding carboxylic acids is 3. The SMILES string of the molecule is CC(C)CC(C(=O)N1CCOC(C)C1)N1C(=O)c2ccccc2C1=O. The number of amides is 3. The highest BCUT2D eigenvalue weighted by atomic mass is 16.5. The van der Waals surface area contributed by atoms with Gasteiger partial charge in [-0.3, -0.25) is 19.3 Å². The van der Waals surface area contributed by atoms with Crippen molar-refractivity contribution < 1.29 is 19.1 Å². The first-order chi connectivity index (χ1) is 11.9. The number of hydrogen-bond donors (Lipinski definition) is 0. The molecule has 2 heterocycles. The minimum atomic E-state index is -0.766. The van der Waals surface area contributed by atoms with Crippen LogP contribution in [0.25, 0.3) is 0 Å². The van der Waals surface area contributed by atoms with Crippen LogP contribution >= 0.6 is 0 Å². The van der Waals surface area contributed by atoms with Crippen molar-refractivity contribution in [2.24, 2.45) is 5.92 Å². The van der Waals surface area contributed by atoms with Gasteiger partial charge in [0.15, 0.2) is 0 Å². The molecule has 0 saturated carbocycles. The zero-order valence-electron chi connectivity index (χ0n) is 14.9. The van der Waals surface area contributed by atoms with E-state index < -0.39 is 6.04 Å². The summed E-state index contributed by atoms with van der Waals surface area (Å²) >= 11 is 0.